The van der Waals surface area contributed by atoms with Gasteiger partial charge in [-0.25, -0.2) is 4.79 Å². The largest absolute Gasteiger partial charge is 0.478 e. The number of carbonyl (C=O) groups is 1. The summed E-state index contributed by atoms with van der Waals surface area (Å²) in [5.74, 6) is -0.832. The molecule has 2 rings (SSSR count). The Morgan fingerprint density at radius 2 is 2.18 bits per heavy atom. The first-order valence-electron chi connectivity index (χ1n) is 6.24. The average molecular weight is 233 g/mol. The highest BCUT2D eigenvalue weighted by atomic mass is 16.4. The molecule has 1 aromatic carbocycles. The highest BCUT2D eigenvalue weighted by Crippen LogP contribution is 2.34. The number of aromatic carboxylic acids is 1. The number of benzene rings is 1. The third kappa shape index (κ3) is 2.60. The Bertz CT molecular complexity index is 424. The van der Waals surface area contributed by atoms with Gasteiger partial charge in [0, 0.05) is 12.6 Å². The van der Waals surface area contributed by atoms with Crippen LogP contribution in [0.1, 0.15) is 42.1 Å². The molecule has 92 valence electrons. The van der Waals surface area contributed by atoms with Gasteiger partial charge in [-0.2, -0.15) is 0 Å². The Labute approximate surface area is 102 Å². The van der Waals surface area contributed by atoms with Gasteiger partial charge in [0.25, 0.3) is 0 Å². The van der Waals surface area contributed by atoms with Crippen molar-refractivity contribution >= 4 is 11.7 Å². The molecule has 0 spiro atoms. The van der Waals surface area contributed by atoms with E-state index in [1.807, 2.05) is 19.1 Å². The first-order chi connectivity index (χ1) is 8.13. The first-order valence-corrected chi connectivity index (χ1v) is 6.24. The summed E-state index contributed by atoms with van der Waals surface area (Å²) in [5, 5.41) is 9.25. The van der Waals surface area contributed by atoms with Gasteiger partial charge >= 0.3 is 5.97 Å². The standard InChI is InChI=1S/C14H19NO2/c1-3-8-15(11-5-6-11)13-9-10(2)4-7-12(13)14(16)17/h4,7,9,11H,3,5-6,8H2,1-2H3,(H,16,17). The lowest BCUT2D eigenvalue weighted by Crippen LogP contribution is -2.28. The molecule has 1 saturated carbocycles. The molecule has 1 aliphatic rings. The summed E-state index contributed by atoms with van der Waals surface area (Å²) in [5.41, 5.74) is 2.43. The number of rotatable bonds is 5. The predicted molar refractivity (Wildman–Crippen MR) is 68.8 cm³/mol. The Morgan fingerprint density at radius 1 is 1.47 bits per heavy atom. The number of hydrogen-bond acceptors (Lipinski definition) is 2. The minimum Gasteiger partial charge on any atom is -0.478 e. The van der Waals surface area contributed by atoms with E-state index in [1.165, 1.54) is 12.8 Å². The molecule has 17 heavy (non-hydrogen) atoms. The van der Waals surface area contributed by atoms with E-state index in [4.69, 9.17) is 0 Å². The zero-order chi connectivity index (χ0) is 12.4. The monoisotopic (exact) mass is 233 g/mol. The highest BCUT2D eigenvalue weighted by Gasteiger charge is 2.30. The van der Waals surface area contributed by atoms with Crippen molar-refractivity contribution in [1.82, 2.24) is 0 Å². The fourth-order valence-electron chi connectivity index (χ4n) is 2.19. The first kappa shape index (κ1) is 12.0. The van der Waals surface area contributed by atoms with Crippen molar-refractivity contribution in [3.05, 3.63) is 29.3 Å². The van der Waals surface area contributed by atoms with Crippen LogP contribution in [0.15, 0.2) is 18.2 Å². The van der Waals surface area contributed by atoms with Gasteiger partial charge < -0.3 is 10.0 Å². The maximum absolute atomic E-state index is 11.3. The Morgan fingerprint density at radius 3 is 2.71 bits per heavy atom. The van der Waals surface area contributed by atoms with Gasteiger partial charge in [-0.15, -0.1) is 0 Å². The van der Waals surface area contributed by atoms with Crippen LogP contribution in [-0.2, 0) is 0 Å². The fraction of sp³-hybridized carbons (Fsp3) is 0.500. The number of anilines is 1. The highest BCUT2D eigenvalue weighted by molar-refractivity contribution is 5.94. The predicted octanol–water partition coefficient (Wildman–Crippen LogP) is 3.07. The van der Waals surface area contributed by atoms with Gasteiger partial charge in [0.05, 0.1) is 11.3 Å². The molecule has 0 heterocycles. The van der Waals surface area contributed by atoms with Crippen LogP contribution >= 0.6 is 0 Å². The minimum atomic E-state index is -0.832. The third-order valence-corrected chi connectivity index (χ3v) is 3.15. The average Bonchev–Trinajstić information content (AvgIpc) is 3.09. The van der Waals surface area contributed by atoms with Crippen molar-refractivity contribution in [3.63, 3.8) is 0 Å². The van der Waals surface area contributed by atoms with E-state index in [1.54, 1.807) is 6.07 Å². The molecule has 0 aliphatic heterocycles. The van der Waals surface area contributed by atoms with Gasteiger partial charge in [-0.3, -0.25) is 0 Å². The molecule has 1 aliphatic carbocycles. The van der Waals surface area contributed by atoms with Crippen LogP contribution in [0.25, 0.3) is 0 Å². The van der Waals surface area contributed by atoms with Crippen LogP contribution in [0.5, 0.6) is 0 Å². The number of nitrogens with zero attached hydrogens (tertiary/aromatic N) is 1. The minimum absolute atomic E-state index is 0.427. The molecule has 0 radical (unpaired) electrons. The molecule has 0 aromatic heterocycles. The molecule has 3 nitrogen and oxygen atoms in total. The molecule has 1 fully saturated rings. The van der Waals surface area contributed by atoms with Crippen molar-refractivity contribution in [2.45, 2.75) is 39.2 Å². The van der Waals surface area contributed by atoms with Crippen molar-refractivity contribution in [1.29, 1.82) is 0 Å². The Kier molecular flexibility index (Phi) is 3.36. The lowest BCUT2D eigenvalue weighted by molar-refractivity contribution is 0.0697. The van der Waals surface area contributed by atoms with E-state index < -0.39 is 5.97 Å². The number of carboxylic acids is 1. The maximum Gasteiger partial charge on any atom is 0.337 e. The van der Waals surface area contributed by atoms with Crippen molar-refractivity contribution < 1.29 is 9.90 Å². The SMILES string of the molecule is CCCN(c1cc(C)ccc1C(=O)O)C1CC1. The van der Waals surface area contributed by atoms with Crippen molar-refractivity contribution in [2.24, 2.45) is 0 Å². The zero-order valence-electron chi connectivity index (χ0n) is 10.4. The van der Waals surface area contributed by atoms with Gasteiger partial charge in [0.15, 0.2) is 0 Å². The molecule has 0 amide bonds. The molecule has 1 aromatic rings. The molecule has 0 bridgehead atoms. The van der Waals surface area contributed by atoms with Gasteiger partial charge in [0.1, 0.15) is 0 Å². The van der Waals surface area contributed by atoms with E-state index in [2.05, 4.69) is 11.8 Å². The lowest BCUT2D eigenvalue weighted by Gasteiger charge is -2.26. The quantitative estimate of drug-likeness (QED) is 0.849. The number of carboxylic acid groups (broad SMARTS) is 1. The Balaban J connectivity index is 2.39. The Hall–Kier alpha value is -1.51. The maximum atomic E-state index is 11.3. The van der Waals surface area contributed by atoms with Crippen LogP contribution in [0.2, 0.25) is 0 Å². The second-order valence-corrected chi connectivity index (χ2v) is 4.75. The summed E-state index contributed by atoms with van der Waals surface area (Å²) < 4.78 is 0. The van der Waals surface area contributed by atoms with Gasteiger partial charge in [-0.05, 0) is 43.9 Å². The summed E-state index contributed by atoms with van der Waals surface area (Å²) in [6, 6.07) is 6.13. The second kappa shape index (κ2) is 4.78. The summed E-state index contributed by atoms with van der Waals surface area (Å²) in [6.45, 7) is 5.08. The van der Waals surface area contributed by atoms with Crippen LogP contribution in [0, 0.1) is 6.92 Å². The van der Waals surface area contributed by atoms with E-state index in [9.17, 15) is 9.90 Å². The molecular weight excluding hydrogens is 214 g/mol. The third-order valence-electron chi connectivity index (χ3n) is 3.15. The van der Waals surface area contributed by atoms with E-state index >= 15 is 0 Å². The molecule has 0 saturated heterocycles. The van der Waals surface area contributed by atoms with Crippen LogP contribution in [0.4, 0.5) is 5.69 Å². The fourth-order valence-corrected chi connectivity index (χ4v) is 2.19. The molecule has 0 atom stereocenters. The van der Waals surface area contributed by atoms with E-state index in [0.29, 0.717) is 11.6 Å². The topological polar surface area (TPSA) is 40.5 Å². The summed E-state index contributed by atoms with van der Waals surface area (Å²) in [4.78, 5) is 13.5. The number of aryl methyl sites for hydroxylation is 1. The zero-order valence-corrected chi connectivity index (χ0v) is 10.4. The molecule has 0 unspecified atom stereocenters. The van der Waals surface area contributed by atoms with Crippen LogP contribution in [0.3, 0.4) is 0 Å². The smallest absolute Gasteiger partial charge is 0.337 e. The van der Waals surface area contributed by atoms with Gasteiger partial charge in [0.2, 0.25) is 0 Å². The normalized spacial score (nSPS) is 14.7. The van der Waals surface area contributed by atoms with Crippen molar-refractivity contribution in [3.8, 4) is 0 Å². The van der Waals surface area contributed by atoms with Crippen LogP contribution < -0.4 is 4.90 Å². The molecule has 1 N–H and O–H groups in total. The summed E-state index contributed by atoms with van der Waals surface area (Å²) >= 11 is 0. The lowest BCUT2D eigenvalue weighted by atomic mass is 10.1. The molecular formula is C14H19NO2. The van der Waals surface area contributed by atoms with E-state index in [-0.39, 0.29) is 0 Å². The van der Waals surface area contributed by atoms with E-state index in [0.717, 1.165) is 24.2 Å². The van der Waals surface area contributed by atoms with Gasteiger partial charge in [-0.1, -0.05) is 13.0 Å². The van der Waals surface area contributed by atoms with Crippen molar-refractivity contribution in [2.75, 3.05) is 11.4 Å². The molecule has 3 heteroatoms. The summed E-state index contributed by atoms with van der Waals surface area (Å²) in [6.07, 6.45) is 3.42. The summed E-state index contributed by atoms with van der Waals surface area (Å²) in [7, 11) is 0. The second-order valence-electron chi connectivity index (χ2n) is 4.75. The number of hydrogen-bond donors (Lipinski definition) is 1. The van der Waals surface area contributed by atoms with Crippen LogP contribution in [-0.4, -0.2) is 23.7 Å².